The van der Waals surface area contributed by atoms with E-state index in [1.54, 1.807) is 25.3 Å². The molecular weight excluding hydrogens is 340 g/mol. The van der Waals surface area contributed by atoms with Gasteiger partial charge < -0.3 is 15.4 Å². The van der Waals surface area contributed by atoms with Crippen LogP contribution in [0.4, 0.5) is 5.69 Å². The van der Waals surface area contributed by atoms with Crippen molar-refractivity contribution < 1.29 is 14.3 Å². The second-order valence-electron chi connectivity index (χ2n) is 7.41. The lowest BCUT2D eigenvalue weighted by molar-refractivity contribution is -0.117. The van der Waals surface area contributed by atoms with Crippen molar-refractivity contribution in [3.8, 4) is 5.75 Å². The van der Waals surface area contributed by atoms with Crippen LogP contribution in [0.1, 0.15) is 47.6 Å². The van der Waals surface area contributed by atoms with Gasteiger partial charge in [-0.2, -0.15) is 0 Å². The van der Waals surface area contributed by atoms with Crippen molar-refractivity contribution in [1.29, 1.82) is 0 Å². The van der Waals surface area contributed by atoms with Gasteiger partial charge in [0.2, 0.25) is 5.91 Å². The van der Waals surface area contributed by atoms with Gasteiger partial charge in [-0.15, -0.1) is 0 Å². The van der Waals surface area contributed by atoms with Crippen molar-refractivity contribution in [2.24, 2.45) is 11.8 Å². The van der Waals surface area contributed by atoms with Gasteiger partial charge in [-0.25, -0.2) is 0 Å². The third-order valence-corrected chi connectivity index (χ3v) is 5.20. The summed E-state index contributed by atoms with van der Waals surface area (Å²) in [5.41, 5.74) is 2.32. The van der Waals surface area contributed by atoms with E-state index in [0.29, 0.717) is 17.2 Å². The molecule has 27 heavy (non-hydrogen) atoms. The Kier molecular flexibility index (Phi) is 4.84. The van der Waals surface area contributed by atoms with Crippen LogP contribution in [0.15, 0.2) is 48.5 Å². The van der Waals surface area contributed by atoms with E-state index in [-0.39, 0.29) is 23.8 Å². The van der Waals surface area contributed by atoms with Gasteiger partial charge in [0.25, 0.3) is 5.91 Å². The number of carbonyl (C=O) groups is 2. The molecule has 2 amide bonds. The number of nitrogens with one attached hydrogen (secondary N) is 2. The highest BCUT2D eigenvalue weighted by Gasteiger charge is 2.34. The largest absolute Gasteiger partial charge is 0.497 e. The minimum atomic E-state index is -0.120. The fourth-order valence-corrected chi connectivity index (χ4v) is 3.27. The van der Waals surface area contributed by atoms with E-state index in [2.05, 4.69) is 10.6 Å². The van der Waals surface area contributed by atoms with Crippen molar-refractivity contribution in [1.82, 2.24) is 5.32 Å². The molecule has 140 valence electrons. The predicted molar refractivity (Wildman–Crippen MR) is 104 cm³/mol. The summed E-state index contributed by atoms with van der Waals surface area (Å²) in [6, 6.07) is 15.0. The molecule has 1 unspecified atom stereocenters. The van der Waals surface area contributed by atoms with Crippen molar-refractivity contribution in [2.45, 2.75) is 31.7 Å². The summed E-state index contributed by atoms with van der Waals surface area (Å²) in [5.74, 6) is 1.34. The van der Waals surface area contributed by atoms with Gasteiger partial charge in [-0.05, 0) is 67.5 Å². The Bertz CT molecular complexity index is 839. The van der Waals surface area contributed by atoms with Crippen LogP contribution in [0.2, 0.25) is 0 Å². The minimum Gasteiger partial charge on any atom is -0.497 e. The third kappa shape index (κ3) is 4.30. The number of rotatable bonds is 7. The van der Waals surface area contributed by atoms with Crippen molar-refractivity contribution >= 4 is 17.5 Å². The first kappa shape index (κ1) is 17.6. The zero-order chi connectivity index (χ0) is 18.8. The van der Waals surface area contributed by atoms with Crippen LogP contribution in [-0.4, -0.2) is 18.9 Å². The molecule has 2 aromatic rings. The lowest BCUT2D eigenvalue weighted by Crippen LogP contribution is -2.30. The summed E-state index contributed by atoms with van der Waals surface area (Å²) in [4.78, 5) is 24.8. The fraction of sp³-hybridized carbons (Fsp3) is 0.364. The topological polar surface area (TPSA) is 67.4 Å². The Morgan fingerprint density at radius 1 is 1.04 bits per heavy atom. The molecule has 1 atom stereocenters. The van der Waals surface area contributed by atoms with Crippen LogP contribution in [0.5, 0.6) is 5.75 Å². The number of hydrogen-bond acceptors (Lipinski definition) is 3. The number of benzene rings is 2. The molecule has 4 rings (SSSR count). The molecule has 5 nitrogen and oxygen atoms in total. The standard InChI is InChI=1S/C22H24N2O3/c1-27-19-11-9-15(10-12-19)20(14-5-6-14)24-22(26)17-3-2-4-18(13-17)23-21(25)16-7-8-16/h2-4,9-14,16,20H,5-8H2,1H3,(H,23,25)(H,24,26). The maximum Gasteiger partial charge on any atom is 0.251 e. The maximum absolute atomic E-state index is 12.8. The highest BCUT2D eigenvalue weighted by atomic mass is 16.5. The van der Waals surface area contributed by atoms with Crippen LogP contribution < -0.4 is 15.4 Å². The number of anilines is 1. The zero-order valence-corrected chi connectivity index (χ0v) is 15.4. The molecule has 0 bridgehead atoms. The van der Waals surface area contributed by atoms with E-state index in [0.717, 1.165) is 37.0 Å². The lowest BCUT2D eigenvalue weighted by atomic mass is 10.0. The van der Waals surface area contributed by atoms with Crippen LogP contribution >= 0.6 is 0 Å². The summed E-state index contributed by atoms with van der Waals surface area (Å²) in [7, 11) is 1.64. The van der Waals surface area contributed by atoms with Gasteiger partial charge in [0.05, 0.1) is 13.2 Å². The lowest BCUT2D eigenvalue weighted by Gasteiger charge is -2.19. The average Bonchev–Trinajstić information content (AvgIpc) is 3.58. The van der Waals surface area contributed by atoms with Crippen molar-refractivity contribution in [3.05, 3.63) is 59.7 Å². The molecular formula is C22H24N2O3. The monoisotopic (exact) mass is 364 g/mol. The SMILES string of the molecule is COc1ccc(C(NC(=O)c2cccc(NC(=O)C3CC3)c2)C2CC2)cc1. The summed E-state index contributed by atoms with van der Waals surface area (Å²) >= 11 is 0. The number of amides is 2. The Hall–Kier alpha value is -2.82. The highest BCUT2D eigenvalue weighted by Crippen LogP contribution is 2.41. The molecule has 2 aliphatic carbocycles. The molecule has 0 aliphatic heterocycles. The van der Waals surface area contributed by atoms with Crippen LogP contribution in [0.3, 0.4) is 0 Å². The van der Waals surface area contributed by atoms with Gasteiger partial charge in [-0.3, -0.25) is 9.59 Å². The first-order valence-corrected chi connectivity index (χ1v) is 9.50. The summed E-state index contributed by atoms with van der Waals surface area (Å²) in [6.45, 7) is 0. The van der Waals surface area contributed by atoms with E-state index in [4.69, 9.17) is 4.74 Å². The van der Waals surface area contributed by atoms with Gasteiger partial charge >= 0.3 is 0 Å². The summed E-state index contributed by atoms with van der Waals surface area (Å²) < 4.78 is 5.22. The zero-order valence-electron chi connectivity index (χ0n) is 15.4. The van der Waals surface area contributed by atoms with Gasteiger partial charge in [-0.1, -0.05) is 18.2 Å². The molecule has 2 saturated carbocycles. The molecule has 0 heterocycles. The molecule has 0 spiro atoms. The smallest absolute Gasteiger partial charge is 0.251 e. The molecule has 0 radical (unpaired) electrons. The summed E-state index contributed by atoms with van der Waals surface area (Å²) in [6.07, 6.45) is 4.15. The molecule has 2 fully saturated rings. The van der Waals surface area contributed by atoms with E-state index in [1.807, 2.05) is 30.3 Å². The van der Waals surface area contributed by atoms with Crippen LogP contribution in [0, 0.1) is 11.8 Å². The molecule has 2 aromatic carbocycles. The normalized spacial score (nSPS) is 17.1. The quantitative estimate of drug-likeness (QED) is 0.782. The fourth-order valence-electron chi connectivity index (χ4n) is 3.27. The van der Waals surface area contributed by atoms with E-state index >= 15 is 0 Å². The third-order valence-electron chi connectivity index (χ3n) is 5.20. The Morgan fingerprint density at radius 2 is 1.78 bits per heavy atom. The number of methoxy groups -OCH3 is 1. The maximum atomic E-state index is 12.8. The molecule has 5 heteroatoms. The van der Waals surface area contributed by atoms with Crippen molar-refractivity contribution in [2.75, 3.05) is 12.4 Å². The molecule has 2 aliphatic rings. The summed E-state index contributed by atoms with van der Waals surface area (Å²) in [5, 5.41) is 6.07. The van der Waals surface area contributed by atoms with Gasteiger partial charge in [0.1, 0.15) is 5.75 Å². The van der Waals surface area contributed by atoms with Gasteiger partial charge in [0, 0.05) is 17.2 Å². The molecule has 2 N–H and O–H groups in total. The minimum absolute atomic E-state index is 0.00637. The van der Waals surface area contributed by atoms with E-state index in [1.165, 1.54) is 0 Å². The molecule has 0 saturated heterocycles. The average molecular weight is 364 g/mol. The Labute approximate surface area is 159 Å². The number of ether oxygens (including phenoxy) is 1. The Balaban J connectivity index is 1.46. The number of hydrogen-bond donors (Lipinski definition) is 2. The second kappa shape index (κ2) is 7.43. The van der Waals surface area contributed by atoms with Crippen molar-refractivity contribution in [3.63, 3.8) is 0 Å². The first-order valence-electron chi connectivity index (χ1n) is 9.50. The Morgan fingerprint density at radius 3 is 2.41 bits per heavy atom. The van der Waals surface area contributed by atoms with E-state index < -0.39 is 0 Å². The van der Waals surface area contributed by atoms with Gasteiger partial charge in [0.15, 0.2) is 0 Å². The second-order valence-corrected chi connectivity index (χ2v) is 7.41. The predicted octanol–water partition coefficient (Wildman–Crippen LogP) is 3.92. The van der Waals surface area contributed by atoms with Crippen LogP contribution in [-0.2, 0) is 4.79 Å². The van der Waals surface area contributed by atoms with Crippen LogP contribution in [0.25, 0.3) is 0 Å². The molecule has 0 aromatic heterocycles. The number of carbonyl (C=O) groups excluding carboxylic acids is 2. The highest BCUT2D eigenvalue weighted by molar-refractivity contribution is 5.98. The first-order chi connectivity index (χ1) is 13.1. The van der Waals surface area contributed by atoms with E-state index in [9.17, 15) is 9.59 Å².